The molecule has 1 N–H and O–H groups in total. The Labute approximate surface area is 110 Å². The first kappa shape index (κ1) is 10.4. The van der Waals surface area contributed by atoms with Crippen molar-refractivity contribution in [3.8, 4) is 22.9 Å². The summed E-state index contributed by atoms with van der Waals surface area (Å²) in [5.41, 5.74) is 4.23. The van der Waals surface area contributed by atoms with Gasteiger partial charge in [-0.3, -0.25) is 0 Å². The summed E-state index contributed by atoms with van der Waals surface area (Å²) >= 11 is 0. The number of para-hydroxylation sites is 1. The number of nitrogens with one attached hydrogen (secondary N) is 1. The molecule has 0 saturated heterocycles. The fourth-order valence-corrected chi connectivity index (χ4v) is 2.36. The van der Waals surface area contributed by atoms with Gasteiger partial charge in [0.2, 0.25) is 6.79 Å². The number of ether oxygens (including phenoxy) is 2. The van der Waals surface area contributed by atoms with Gasteiger partial charge in [-0.25, -0.2) is 4.98 Å². The number of rotatable bonds is 1. The molecule has 0 saturated carbocycles. The Morgan fingerprint density at radius 2 is 2.00 bits per heavy atom. The van der Waals surface area contributed by atoms with Gasteiger partial charge in [0.05, 0.1) is 11.0 Å². The van der Waals surface area contributed by atoms with Crippen LogP contribution in [0.2, 0.25) is 0 Å². The Hall–Kier alpha value is -2.49. The van der Waals surface area contributed by atoms with E-state index in [-0.39, 0.29) is 6.79 Å². The zero-order chi connectivity index (χ0) is 12.8. The minimum absolute atomic E-state index is 0.290. The molecule has 0 radical (unpaired) electrons. The molecular formula is C15H12N2O2. The number of fused-ring (bicyclic) bond motifs is 2. The van der Waals surface area contributed by atoms with Gasteiger partial charge in [-0.05, 0) is 36.8 Å². The van der Waals surface area contributed by atoms with Crippen LogP contribution < -0.4 is 9.47 Å². The topological polar surface area (TPSA) is 47.1 Å². The van der Waals surface area contributed by atoms with Crippen LogP contribution in [-0.4, -0.2) is 16.8 Å². The van der Waals surface area contributed by atoms with Crippen LogP contribution >= 0.6 is 0 Å². The van der Waals surface area contributed by atoms with Crippen LogP contribution in [0.3, 0.4) is 0 Å². The van der Waals surface area contributed by atoms with Gasteiger partial charge in [0.25, 0.3) is 0 Å². The number of H-pyrrole nitrogens is 1. The quantitative estimate of drug-likeness (QED) is 0.723. The van der Waals surface area contributed by atoms with Crippen molar-refractivity contribution in [1.82, 2.24) is 9.97 Å². The fourth-order valence-electron chi connectivity index (χ4n) is 2.36. The molecule has 3 aromatic rings. The van der Waals surface area contributed by atoms with Crippen molar-refractivity contribution in [2.45, 2.75) is 6.92 Å². The minimum atomic E-state index is 0.290. The van der Waals surface area contributed by atoms with E-state index >= 15 is 0 Å². The molecule has 0 unspecified atom stereocenters. The molecule has 0 aliphatic carbocycles. The van der Waals surface area contributed by atoms with Gasteiger partial charge in [0, 0.05) is 5.56 Å². The Morgan fingerprint density at radius 3 is 2.89 bits per heavy atom. The molecule has 1 aliphatic rings. The summed E-state index contributed by atoms with van der Waals surface area (Å²) in [6.07, 6.45) is 0. The molecule has 0 bridgehead atoms. The van der Waals surface area contributed by atoms with Crippen molar-refractivity contribution >= 4 is 11.0 Å². The largest absolute Gasteiger partial charge is 0.454 e. The van der Waals surface area contributed by atoms with E-state index in [0.29, 0.717) is 0 Å². The van der Waals surface area contributed by atoms with Gasteiger partial charge in [-0.1, -0.05) is 12.1 Å². The molecule has 0 spiro atoms. The number of benzene rings is 2. The van der Waals surface area contributed by atoms with Crippen molar-refractivity contribution < 1.29 is 9.47 Å². The third kappa shape index (κ3) is 1.57. The molecule has 19 heavy (non-hydrogen) atoms. The van der Waals surface area contributed by atoms with E-state index in [1.807, 2.05) is 30.3 Å². The van der Waals surface area contributed by atoms with Crippen LogP contribution in [0, 0.1) is 6.92 Å². The average molecular weight is 252 g/mol. The fraction of sp³-hybridized carbons (Fsp3) is 0.133. The van der Waals surface area contributed by atoms with Gasteiger partial charge < -0.3 is 14.5 Å². The number of aryl methyl sites for hydroxylation is 1. The highest BCUT2D eigenvalue weighted by Crippen LogP contribution is 2.35. The van der Waals surface area contributed by atoms with Crippen molar-refractivity contribution in [1.29, 1.82) is 0 Å². The monoisotopic (exact) mass is 252 g/mol. The van der Waals surface area contributed by atoms with Gasteiger partial charge in [-0.2, -0.15) is 0 Å². The van der Waals surface area contributed by atoms with Crippen molar-refractivity contribution in [3.63, 3.8) is 0 Å². The summed E-state index contributed by atoms with van der Waals surface area (Å²) < 4.78 is 10.7. The van der Waals surface area contributed by atoms with Crippen molar-refractivity contribution in [2.24, 2.45) is 0 Å². The molecule has 0 fully saturated rings. The van der Waals surface area contributed by atoms with Gasteiger partial charge >= 0.3 is 0 Å². The van der Waals surface area contributed by atoms with E-state index in [0.717, 1.165) is 33.9 Å². The summed E-state index contributed by atoms with van der Waals surface area (Å²) in [4.78, 5) is 7.99. The van der Waals surface area contributed by atoms with E-state index in [9.17, 15) is 0 Å². The first-order valence-corrected chi connectivity index (χ1v) is 6.16. The molecule has 2 aromatic carbocycles. The zero-order valence-corrected chi connectivity index (χ0v) is 10.4. The molecule has 1 aliphatic heterocycles. The summed E-state index contributed by atoms with van der Waals surface area (Å²) in [5, 5.41) is 0. The smallest absolute Gasteiger partial charge is 0.231 e. The SMILES string of the molecule is Cc1cccc2[nH]c(-c3ccc4c(c3)OCO4)nc12. The molecule has 4 nitrogen and oxygen atoms in total. The van der Waals surface area contributed by atoms with Gasteiger partial charge in [0.15, 0.2) is 11.5 Å². The highest BCUT2D eigenvalue weighted by Gasteiger charge is 2.15. The summed E-state index contributed by atoms with van der Waals surface area (Å²) in [6, 6.07) is 12.0. The maximum Gasteiger partial charge on any atom is 0.231 e. The number of hydrogen-bond donors (Lipinski definition) is 1. The first-order valence-electron chi connectivity index (χ1n) is 6.16. The Balaban J connectivity index is 1.88. The second-order valence-electron chi connectivity index (χ2n) is 4.62. The van der Waals surface area contributed by atoms with E-state index in [1.54, 1.807) is 0 Å². The average Bonchev–Trinajstić information content (AvgIpc) is 3.04. The predicted molar refractivity (Wildman–Crippen MR) is 72.4 cm³/mol. The summed E-state index contributed by atoms with van der Waals surface area (Å²) in [7, 11) is 0. The standard InChI is InChI=1S/C15H12N2O2/c1-9-3-2-4-11-14(9)17-15(16-11)10-5-6-12-13(7-10)19-8-18-12/h2-7H,8H2,1H3,(H,16,17). The summed E-state index contributed by atoms with van der Waals surface area (Å²) in [5.74, 6) is 2.41. The van der Waals surface area contributed by atoms with Crippen LogP contribution in [0.15, 0.2) is 36.4 Å². The number of aromatic nitrogens is 2. The van der Waals surface area contributed by atoms with E-state index in [4.69, 9.17) is 9.47 Å². The van der Waals surface area contributed by atoms with Gasteiger partial charge in [-0.15, -0.1) is 0 Å². The lowest BCUT2D eigenvalue weighted by Gasteiger charge is -1.99. The van der Waals surface area contributed by atoms with E-state index in [1.165, 1.54) is 5.56 Å². The molecule has 0 amide bonds. The third-order valence-corrected chi connectivity index (χ3v) is 3.36. The molecule has 1 aromatic heterocycles. The molecule has 4 rings (SSSR count). The predicted octanol–water partition coefficient (Wildman–Crippen LogP) is 3.27. The van der Waals surface area contributed by atoms with Crippen LogP contribution in [0.5, 0.6) is 11.5 Å². The lowest BCUT2D eigenvalue weighted by atomic mass is 10.2. The zero-order valence-electron chi connectivity index (χ0n) is 10.4. The first-order chi connectivity index (χ1) is 9.31. The number of imidazole rings is 1. The van der Waals surface area contributed by atoms with E-state index in [2.05, 4.69) is 23.0 Å². The van der Waals surface area contributed by atoms with E-state index < -0.39 is 0 Å². The van der Waals surface area contributed by atoms with Crippen molar-refractivity contribution in [2.75, 3.05) is 6.79 Å². The number of nitrogens with zero attached hydrogens (tertiary/aromatic N) is 1. The van der Waals surface area contributed by atoms with Gasteiger partial charge in [0.1, 0.15) is 5.82 Å². The molecule has 2 heterocycles. The Kier molecular flexibility index (Phi) is 2.06. The maximum atomic E-state index is 5.39. The molecular weight excluding hydrogens is 240 g/mol. The van der Waals surface area contributed by atoms with Crippen LogP contribution in [0.1, 0.15) is 5.56 Å². The summed E-state index contributed by atoms with van der Waals surface area (Å²) in [6.45, 7) is 2.35. The highest BCUT2D eigenvalue weighted by molar-refractivity contribution is 5.82. The van der Waals surface area contributed by atoms with Crippen molar-refractivity contribution in [3.05, 3.63) is 42.0 Å². The lowest BCUT2D eigenvalue weighted by molar-refractivity contribution is 0.174. The highest BCUT2D eigenvalue weighted by atomic mass is 16.7. The molecule has 4 heteroatoms. The Bertz CT molecular complexity index is 777. The second kappa shape index (κ2) is 3.75. The third-order valence-electron chi connectivity index (χ3n) is 3.36. The normalized spacial score (nSPS) is 13.1. The Morgan fingerprint density at radius 1 is 1.11 bits per heavy atom. The second-order valence-corrected chi connectivity index (χ2v) is 4.62. The van der Waals surface area contributed by atoms with Crippen LogP contribution in [0.4, 0.5) is 0 Å². The molecule has 0 atom stereocenters. The molecule has 94 valence electrons. The number of hydrogen-bond acceptors (Lipinski definition) is 3. The lowest BCUT2D eigenvalue weighted by Crippen LogP contribution is -1.92. The van der Waals surface area contributed by atoms with Crippen LogP contribution in [-0.2, 0) is 0 Å². The minimum Gasteiger partial charge on any atom is -0.454 e. The van der Waals surface area contributed by atoms with Crippen LogP contribution in [0.25, 0.3) is 22.4 Å². The number of aromatic amines is 1. The maximum absolute atomic E-state index is 5.39.